The van der Waals surface area contributed by atoms with E-state index >= 15 is 0 Å². The van der Waals surface area contributed by atoms with E-state index in [1.54, 1.807) is 35.6 Å². The highest BCUT2D eigenvalue weighted by Gasteiger charge is 2.21. The van der Waals surface area contributed by atoms with Crippen molar-refractivity contribution in [1.82, 2.24) is 9.55 Å². The number of benzene rings is 1. The minimum Gasteiger partial charge on any atom is -0.491 e. The Morgan fingerprint density at radius 1 is 1.32 bits per heavy atom. The quantitative estimate of drug-likeness (QED) is 0.743. The van der Waals surface area contributed by atoms with Gasteiger partial charge in [-0.3, -0.25) is 9.36 Å². The van der Waals surface area contributed by atoms with Crippen molar-refractivity contribution in [1.29, 1.82) is 0 Å². The Kier molecular flexibility index (Phi) is 4.50. The fourth-order valence-corrected chi connectivity index (χ4v) is 4.50. The fraction of sp³-hybridized carbons (Fsp3) is 0.333. The number of hydrogen-bond donors (Lipinski definition) is 1. The van der Waals surface area contributed by atoms with E-state index in [9.17, 15) is 9.90 Å². The van der Waals surface area contributed by atoms with E-state index in [0.29, 0.717) is 10.8 Å². The highest BCUT2D eigenvalue weighted by molar-refractivity contribution is 7.18. The monoisotopic (exact) mass is 376 g/mol. The first-order valence-corrected chi connectivity index (χ1v) is 9.37. The average Bonchev–Trinajstić information content (AvgIpc) is 3.18. The first kappa shape index (κ1) is 16.6. The van der Waals surface area contributed by atoms with Gasteiger partial charge in [0, 0.05) is 9.90 Å². The Labute approximate surface area is 153 Å². The minimum atomic E-state index is -0.806. The largest absolute Gasteiger partial charge is 0.491 e. The van der Waals surface area contributed by atoms with Crippen LogP contribution in [0.4, 0.5) is 0 Å². The predicted octanol–water partition coefficient (Wildman–Crippen LogP) is 3.04. The molecule has 4 rings (SSSR count). The summed E-state index contributed by atoms with van der Waals surface area (Å²) in [6.45, 7) is 0.244. The van der Waals surface area contributed by atoms with Gasteiger partial charge in [0.1, 0.15) is 23.3 Å². The topological polar surface area (TPSA) is 64.4 Å². The van der Waals surface area contributed by atoms with E-state index < -0.39 is 6.10 Å². The van der Waals surface area contributed by atoms with Crippen LogP contribution >= 0.6 is 22.9 Å². The molecule has 0 saturated heterocycles. The molecule has 2 heterocycles. The van der Waals surface area contributed by atoms with Crippen LogP contribution in [0.1, 0.15) is 16.9 Å². The number of halogens is 1. The molecule has 25 heavy (non-hydrogen) atoms. The van der Waals surface area contributed by atoms with Crippen LogP contribution < -0.4 is 10.3 Å². The molecule has 1 aliphatic carbocycles. The molecule has 0 radical (unpaired) electrons. The molecule has 1 N–H and O–H groups in total. The van der Waals surface area contributed by atoms with Crippen LogP contribution in [0.5, 0.6) is 5.75 Å². The van der Waals surface area contributed by atoms with Crippen molar-refractivity contribution in [3.63, 3.8) is 0 Å². The second-order valence-corrected chi connectivity index (χ2v) is 7.68. The molecule has 0 bridgehead atoms. The van der Waals surface area contributed by atoms with Crippen LogP contribution in [-0.2, 0) is 19.4 Å². The van der Waals surface area contributed by atoms with Crippen molar-refractivity contribution in [3.05, 3.63) is 56.4 Å². The zero-order chi connectivity index (χ0) is 17.4. The van der Waals surface area contributed by atoms with Gasteiger partial charge in [-0.2, -0.15) is 0 Å². The van der Waals surface area contributed by atoms with E-state index in [1.165, 1.54) is 15.8 Å². The summed E-state index contributed by atoms with van der Waals surface area (Å²) < 4.78 is 7.01. The van der Waals surface area contributed by atoms with Crippen molar-refractivity contribution < 1.29 is 9.84 Å². The molecule has 7 heteroatoms. The second kappa shape index (κ2) is 6.78. The molecular formula is C18H17ClN2O3S. The molecule has 0 fully saturated rings. The number of ether oxygens (including phenoxy) is 1. The molecule has 2 aromatic heterocycles. The van der Waals surface area contributed by atoms with E-state index in [2.05, 4.69) is 4.98 Å². The first-order chi connectivity index (χ1) is 12.1. The van der Waals surface area contributed by atoms with Gasteiger partial charge in [0.25, 0.3) is 5.56 Å². The lowest BCUT2D eigenvalue weighted by Gasteiger charge is -2.14. The van der Waals surface area contributed by atoms with Crippen LogP contribution in [-0.4, -0.2) is 27.4 Å². The normalized spacial score (nSPS) is 14.6. The molecule has 0 saturated carbocycles. The Morgan fingerprint density at radius 3 is 2.92 bits per heavy atom. The lowest BCUT2D eigenvalue weighted by molar-refractivity contribution is 0.0915. The van der Waals surface area contributed by atoms with Crippen LogP contribution in [0, 0.1) is 0 Å². The molecule has 0 spiro atoms. The summed E-state index contributed by atoms with van der Waals surface area (Å²) >= 11 is 7.44. The molecule has 3 aromatic rings. The predicted molar refractivity (Wildman–Crippen MR) is 98.9 cm³/mol. The molecule has 1 aliphatic rings. The number of aliphatic hydroxyl groups is 1. The SMILES string of the molecule is O=c1c2c3c(sc2ncn1C[C@H](O)COc1ccc(Cl)cc1)CCC3. The molecular weight excluding hydrogens is 360 g/mol. The van der Waals surface area contributed by atoms with Gasteiger partial charge in [0.15, 0.2) is 0 Å². The maximum absolute atomic E-state index is 12.8. The zero-order valence-electron chi connectivity index (χ0n) is 13.4. The number of hydrogen-bond acceptors (Lipinski definition) is 5. The third-order valence-corrected chi connectivity index (χ3v) is 5.81. The number of thiophene rings is 1. The van der Waals surface area contributed by atoms with Crippen molar-refractivity contribution in [3.8, 4) is 5.75 Å². The Morgan fingerprint density at radius 2 is 2.12 bits per heavy atom. The van der Waals surface area contributed by atoms with E-state index in [-0.39, 0.29) is 18.7 Å². The van der Waals surface area contributed by atoms with Crippen molar-refractivity contribution >= 4 is 33.2 Å². The number of aryl methyl sites for hydroxylation is 2. The zero-order valence-corrected chi connectivity index (χ0v) is 15.0. The van der Waals surface area contributed by atoms with Crippen molar-refractivity contribution in [2.45, 2.75) is 31.9 Å². The second-order valence-electron chi connectivity index (χ2n) is 6.16. The number of nitrogens with zero attached hydrogens (tertiary/aromatic N) is 2. The minimum absolute atomic E-state index is 0.0741. The molecule has 0 amide bonds. The van der Waals surface area contributed by atoms with Gasteiger partial charge in [-0.15, -0.1) is 11.3 Å². The van der Waals surface area contributed by atoms with E-state index in [0.717, 1.165) is 35.0 Å². The lowest BCUT2D eigenvalue weighted by atomic mass is 10.2. The molecule has 1 atom stereocenters. The van der Waals surface area contributed by atoms with E-state index in [4.69, 9.17) is 16.3 Å². The van der Waals surface area contributed by atoms with Gasteiger partial charge < -0.3 is 9.84 Å². The van der Waals surface area contributed by atoms with Gasteiger partial charge in [0.05, 0.1) is 18.3 Å². The molecule has 0 unspecified atom stereocenters. The van der Waals surface area contributed by atoms with Gasteiger partial charge in [-0.25, -0.2) is 4.98 Å². The van der Waals surface area contributed by atoms with Crippen LogP contribution in [0.2, 0.25) is 5.02 Å². The smallest absolute Gasteiger partial charge is 0.262 e. The summed E-state index contributed by atoms with van der Waals surface area (Å²) in [5.41, 5.74) is 1.08. The summed E-state index contributed by atoms with van der Waals surface area (Å²) in [5, 5.41) is 11.6. The first-order valence-electron chi connectivity index (χ1n) is 8.18. The van der Waals surface area contributed by atoms with Gasteiger partial charge in [-0.05, 0) is 49.1 Å². The highest BCUT2D eigenvalue weighted by atomic mass is 35.5. The van der Waals surface area contributed by atoms with Crippen molar-refractivity contribution in [2.24, 2.45) is 0 Å². The third-order valence-electron chi connectivity index (χ3n) is 4.36. The summed E-state index contributed by atoms with van der Waals surface area (Å²) in [5.74, 6) is 0.625. The summed E-state index contributed by atoms with van der Waals surface area (Å²) in [6.07, 6.45) is 3.79. The maximum atomic E-state index is 12.8. The van der Waals surface area contributed by atoms with E-state index in [1.807, 2.05) is 0 Å². The number of fused-ring (bicyclic) bond motifs is 3. The highest BCUT2D eigenvalue weighted by Crippen LogP contribution is 2.34. The third kappa shape index (κ3) is 3.29. The van der Waals surface area contributed by atoms with Crippen LogP contribution in [0.15, 0.2) is 35.4 Å². The summed E-state index contributed by atoms with van der Waals surface area (Å²) in [6, 6.07) is 6.93. The van der Waals surface area contributed by atoms with Gasteiger partial charge in [0.2, 0.25) is 0 Å². The maximum Gasteiger partial charge on any atom is 0.262 e. The summed E-state index contributed by atoms with van der Waals surface area (Å²) in [7, 11) is 0. The molecule has 130 valence electrons. The van der Waals surface area contributed by atoms with Crippen LogP contribution in [0.3, 0.4) is 0 Å². The summed E-state index contributed by atoms with van der Waals surface area (Å²) in [4.78, 5) is 19.2. The van der Waals surface area contributed by atoms with Crippen LogP contribution in [0.25, 0.3) is 10.2 Å². The lowest BCUT2D eigenvalue weighted by Crippen LogP contribution is -2.30. The fourth-order valence-electron chi connectivity index (χ4n) is 3.15. The number of rotatable bonds is 5. The Hall–Kier alpha value is -1.89. The van der Waals surface area contributed by atoms with Gasteiger partial charge >= 0.3 is 0 Å². The number of aliphatic hydroxyl groups excluding tert-OH is 1. The average molecular weight is 377 g/mol. The Balaban J connectivity index is 1.49. The number of aromatic nitrogens is 2. The van der Waals surface area contributed by atoms with Gasteiger partial charge in [-0.1, -0.05) is 11.6 Å². The Bertz CT molecular complexity index is 965. The van der Waals surface area contributed by atoms with Crippen molar-refractivity contribution in [2.75, 3.05) is 6.61 Å². The standard InChI is InChI=1S/C18H17ClN2O3S/c19-11-4-6-13(7-5-11)24-9-12(22)8-21-10-20-17-16(18(21)23)14-2-1-3-15(14)25-17/h4-7,10,12,22H,1-3,8-9H2/t12-/m0/s1. The molecule has 5 nitrogen and oxygen atoms in total. The molecule has 1 aromatic carbocycles. The molecule has 0 aliphatic heterocycles.